The van der Waals surface area contributed by atoms with Crippen molar-refractivity contribution in [3.05, 3.63) is 0 Å². The van der Waals surface area contributed by atoms with Gasteiger partial charge >= 0.3 is 5.97 Å². The van der Waals surface area contributed by atoms with E-state index in [0.717, 1.165) is 0 Å². The Hall–Kier alpha value is -0.380. The molecule has 0 unspecified atom stereocenters. The molecule has 0 radical (unpaired) electrons. The normalized spacial score (nSPS) is 8.25. The van der Waals surface area contributed by atoms with Crippen molar-refractivity contribution in [3.63, 3.8) is 0 Å². The summed E-state index contributed by atoms with van der Waals surface area (Å²) in [5, 5.41) is 0. The van der Waals surface area contributed by atoms with Gasteiger partial charge in [0.05, 0.1) is 0 Å². The number of ether oxygens (including phenoxy) is 1. The number of carbonyl (C=O) groups excluding carboxylic acids is 2. The number of carbonyl (C=O) groups is 2. The Morgan fingerprint density at radius 3 is 2.25 bits per heavy atom. The largest absolute Gasteiger partial charge is 0.457 e. The van der Waals surface area contributed by atoms with Crippen LogP contribution in [0.25, 0.3) is 0 Å². The summed E-state index contributed by atoms with van der Waals surface area (Å²) in [5.74, 6) is -0.446. The minimum absolute atomic E-state index is 0.185. The molecule has 0 bridgehead atoms. The van der Waals surface area contributed by atoms with Crippen molar-refractivity contribution in [2.24, 2.45) is 0 Å². The first-order valence-electron chi connectivity index (χ1n) is 1.94. The van der Waals surface area contributed by atoms with Gasteiger partial charge in [-0.25, -0.2) is 0 Å². The number of esters is 1. The highest BCUT2D eigenvalue weighted by Crippen LogP contribution is 1.84. The zero-order valence-electron chi connectivity index (χ0n) is 4.31. The molecule has 0 saturated heterocycles. The first-order chi connectivity index (χ1) is 3.63. The molecule has 0 fully saturated rings. The van der Waals surface area contributed by atoms with Crippen LogP contribution in [0.3, 0.4) is 0 Å². The molecule has 0 aromatic heterocycles. The van der Waals surface area contributed by atoms with Crippen molar-refractivity contribution in [1.82, 2.24) is 0 Å². The van der Waals surface area contributed by atoms with Gasteiger partial charge in [-0.15, -0.1) is 0 Å². The molecule has 0 atom stereocenters. The topological polar surface area (TPSA) is 43.4 Å². The van der Waals surface area contributed by atoms with E-state index in [9.17, 15) is 9.59 Å². The lowest BCUT2D eigenvalue weighted by molar-refractivity contribution is -0.143. The highest BCUT2D eigenvalue weighted by Gasteiger charge is 1.95. The number of hydrogen-bond acceptors (Lipinski definition) is 3. The van der Waals surface area contributed by atoms with Crippen LogP contribution in [0, 0.1) is 0 Å². The Labute approximate surface area is 55.1 Å². The minimum atomic E-state index is -0.446. The average molecular weight is 181 g/mol. The van der Waals surface area contributed by atoms with Gasteiger partial charge in [-0.3, -0.25) is 9.59 Å². The Morgan fingerprint density at radius 2 is 2.12 bits per heavy atom. The second-order valence-corrected chi connectivity index (χ2v) is 2.02. The average Bonchev–Trinajstić information content (AvgIpc) is 1.61. The molecule has 0 aliphatic carbocycles. The molecule has 0 saturated carbocycles. The molecule has 8 heavy (non-hydrogen) atoms. The Morgan fingerprint density at radius 1 is 1.62 bits per heavy atom. The Kier molecular flexibility index (Phi) is 3.43. The Balaban J connectivity index is 3.18. The van der Waals surface area contributed by atoms with E-state index in [-0.39, 0.29) is 11.3 Å². The molecule has 0 aromatic carbocycles. The van der Waals surface area contributed by atoms with Crippen LogP contribution >= 0.6 is 15.9 Å². The third-order valence-electron chi connectivity index (χ3n) is 0.389. The van der Waals surface area contributed by atoms with Crippen molar-refractivity contribution in [3.8, 4) is 0 Å². The highest BCUT2D eigenvalue weighted by atomic mass is 79.9. The molecule has 46 valence electrons. The summed E-state index contributed by atoms with van der Waals surface area (Å²) in [6, 6.07) is 0. The molecule has 0 aliphatic rings. The summed E-state index contributed by atoms with van der Waals surface area (Å²) in [6.45, 7) is 1.06. The van der Waals surface area contributed by atoms with Crippen LogP contribution in [0.1, 0.15) is 6.92 Å². The fourth-order valence-electron chi connectivity index (χ4n) is 0.158. The second-order valence-electron chi connectivity index (χ2n) is 1.14. The first kappa shape index (κ1) is 7.62. The maximum absolute atomic E-state index is 9.99. The van der Waals surface area contributed by atoms with Crippen LogP contribution in [0.15, 0.2) is 0 Å². The van der Waals surface area contributed by atoms with Gasteiger partial charge in [-0.2, -0.15) is 0 Å². The molecule has 0 rings (SSSR count). The van der Waals surface area contributed by atoms with E-state index in [0.29, 0.717) is 0 Å². The quantitative estimate of drug-likeness (QED) is 0.459. The van der Waals surface area contributed by atoms with Gasteiger partial charge in [-0.1, -0.05) is 0 Å². The lowest BCUT2D eigenvalue weighted by atomic mass is 10.8. The highest BCUT2D eigenvalue weighted by molar-refractivity contribution is 9.18. The van der Waals surface area contributed by atoms with Crippen LogP contribution in [-0.4, -0.2) is 17.3 Å². The van der Waals surface area contributed by atoms with E-state index in [2.05, 4.69) is 20.7 Å². The molecule has 0 aliphatic heterocycles. The van der Waals surface area contributed by atoms with E-state index in [1.807, 2.05) is 0 Å². The summed E-state index contributed by atoms with van der Waals surface area (Å²) in [6.07, 6.45) is 0. The number of hydrogen-bond donors (Lipinski definition) is 0. The second kappa shape index (κ2) is 3.60. The van der Waals surface area contributed by atoms with E-state index in [4.69, 9.17) is 0 Å². The van der Waals surface area contributed by atoms with Gasteiger partial charge in [0.2, 0.25) is 4.69 Å². The van der Waals surface area contributed by atoms with E-state index in [1.165, 1.54) is 6.92 Å². The van der Waals surface area contributed by atoms with Crippen molar-refractivity contribution in [2.75, 3.05) is 6.61 Å². The fourth-order valence-corrected chi connectivity index (χ4v) is 0.273. The summed E-state index contributed by atoms with van der Waals surface area (Å²) < 4.78 is 3.94. The van der Waals surface area contributed by atoms with Gasteiger partial charge in [-0.05, 0) is 15.9 Å². The third-order valence-corrected chi connectivity index (χ3v) is 0.618. The van der Waals surface area contributed by atoms with Gasteiger partial charge in [0.1, 0.15) is 0 Å². The van der Waals surface area contributed by atoms with E-state index >= 15 is 0 Å². The van der Waals surface area contributed by atoms with Gasteiger partial charge in [0.25, 0.3) is 0 Å². The summed E-state index contributed by atoms with van der Waals surface area (Å²) in [7, 11) is 0. The SMILES string of the molecule is CC(=O)OCC(=O)Br. The van der Waals surface area contributed by atoms with Crippen LogP contribution in [0.2, 0.25) is 0 Å². The van der Waals surface area contributed by atoms with Crippen molar-refractivity contribution < 1.29 is 14.3 Å². The minimum Gasteiger partial charge on any atom is -0.457 e. The van der Waals surface area contributed by atoms with E-state index in [1.54, 1.807) is 0 Å². The maximum atomic E-state index is 9.99. The molecule has 0 aromatic rings. The van der Waals surface area contributed by atoms with Crippen LogP contribution < -0.4 is 0 Å². The summed E-state index contributed by atoms with van der Waals surface area (Å²) in [5.41, 5.74) is 0. The molecule has 0 N–H and O–H groups in total. The Bertz CT molecular complexity index is 95.9. The van der Waals surface area contributed by atoms with Crippen LogP contribution in [0.5, 0.6) is 0 Å². The maximum Gasteiger partial charge on any atom is 0.303 e. The smallest absolute Gasteiger partial charge is 0.303 e. The number of rotatable bonds is 2. The fraction of sp³-hybridized carbons (Fsp3) is 0.500. The standard InChI is InChI=1S/C4H5BrO3/c1-3(6)8-2-4(5)7/h2H2,1H3. The first-order valence-corrected chi connectivity index (χ1v) is 2.74. The molecule has 0 amide bonds. The number of halogens is 1. The van der Waals surface area contributed by atoms with Crippen molar-refractivity contribution >= 4 is 26.6 Å². The summed E-state index contributed by atoms with van der Waals surface area (Å²) in [4.78, 5) is 19.9. The van der Waals surface area contributed by atoms with Crippen LogP contribution in [-0.2, 0) is 14.3 Å². The van der Waals surface area contributed by atoms with Gasteiger partial charge in [0, 0.05) is 6.92 Å². The van der Waals surface area contributed by atoms with E-state index < -0.39 is 5.97 Å². The van der Waals surface area contributed by atoms with Crippen LogP contribution in [0.4, 0.5) is 0 Å². The molecule has 3 nitrogen and oxygen atoms in total. The lowest BCUT2D eigenvalue weighted by Crippen LogP contribution is -2.04. The summed E-state index contributed by atoms with van der Waals surface area (Å²) >= 11 is 2.59. The monoisotopic (exact) mass is 180 g/mol. The predicted molar refractivity (Wildman–Crippen MR) is 30.6 cm³/mol. The molecule has 0 heterocycles. The predicted octanol–water partition coefficient (Wildman–Crippen LogP) is 0.471. The van der Waals surface area contributed by atoms with Gasteiger partial charge < -0.3 is 4.74 Å². The molecular weight excluding hydrogens is 176 g/mol. The molecule has 0 spiro atoms. The van der Waals surface area contributed by atoms with Gasteiger partial charge in [0.15, 0.2) is 6.61 Å². The zero-order chi connectivity index (χ0) is 6.57. The molecular formula is C4H5BrO3. The third kappa shape index (κ3) is 5.62. The lowest BCUT2D eigenvalue weighted by Gasteiger charge is -1.92. The zero-order valence-corrected chi connectivity index (χ0v) is 5.90. The van der Waals surface area contributed by atoms with Crippen molar-refractivity contribution in [1.29, 1.82) is 0 Å². The van der Waals surface area contributed by atoms with Crippen molar-refractivity contribution in [2.45, 2.75) is 6.92 Å². The molecule has 4 heteroatoms.